The lowest BCUT2D eigenvalue weighted by atomic mass is 10.0. The molecule has 3 rings (SSSR count). The predicted molar refractivity (Wildman–Crippen MR) is 97.6 cm³/mol. The van der Waals surface area contributed by atoms with Crippen LogP contribution >= 0.6 is 23.2 Å². The monoisotopic (exact) mass is 359 g/mol. The third-order valence-electron chi connectivity index (χ3n) is 3.69. The third kappa shape index (κ3) is 3.53. The van der Waals surface area contributed by atoms with Crippen LogP contribution in [0.15, 0.2) is 53.2 Å². The fourth-order valence-electron chi connectivity index (χ4n) is 2.32. The Balaban J connectivity index is 1.91. The molecular weight excluding hydrogens is 345 g/mol. The quantitative estimate of drug-likeness (QED) is 0.538. The summed E-state index contributed by atoms with van der Waals surface area (Å²) in [5, 5.41) is 0.895. The van der Waals surface area contributed by atoms with Gasteiger partial charge in [0.2, 0.25) is 5.90 Å². The van der Waals surface area contributed by atoms with E-state index in [4.69, 9.17) is 27.9 Å². The Bertz CT molecular complexity index is 852. The second kappa shape index (κ2) is 6.80. The van der Waals surface area contributed by atoms with Gasteiger partial charge in [0, 0.05) is 5.02 Å². The fourth-order valence-corrected chi connectivity index (χ4v) is 2.81. The number of carbonyl (C=O) groups is 1. The van der Waals surface area contributed by atoms with Crippen molar-refractivity contribution in [2.24, 2.45) is 4.99 Å². The van der Waals surface area contributed by atoms with Crippen LogP contribution in [-0.4, -0.2) is 11.9 Å². The molecule has 122 valence electrons. The molecule has 0 aliphatic carbocycles. The Morgan fingerprint density at radius 3 is 2.42 bits per heavy atom. The Hall–Kier alpha value is -2.10. The molecule has 0 atom stereocenters. The molecule has 0 saturated heterocycles. The maximum atomic E-state index is 12.0. The van der Waals surface area contributed by atoms with Crippen LogP contribution in [0.2, 0.25) is 10.0 Å². The van der Waals surface area contributed by atoms with Gasteiger partial charge in [0.15, 0.2) is 5.70 Å². The van der Waals surface area contributed by atoms with Crippen molar-refractivity contribution in [3.05, 3.63) is 74.9 Å². The summed E-state index contributed by atoms with van der Waals surface area (Å²) < 4.78 is 5.23. The van der Waals surface area contributed by atoms with Gasteiger partial charge in [0.1, 0.15) is 0 Å². The van der Waals surface area contributed by atoms with Crippen molar-refractivity contribution < 1.29 is 9.53 Å². The summed E-state index contributed by atoms with van der Waals surface area (Å²) in [6, 6.07) is 12.9. The SMILES string of the molecule is CC(C)c1ccc(C=C2N=C(c3ccc(Cl)cc3Cl)OC2=O)cc1. The number of rotatable bonds is 3. The Kier molecular flexibility index (Phi) is 4.74. The highest BCUT2D eigenvalue weighted by Crippen LogP contribution is 2.26. The van der Waals surface area contributed by atoms with Crippen LogP contribution in [0.1, 0.15) is 36.5 Å². The van der Waals surface area contributed by atoms with E-state index in [0.717, 1.165) is 5.56 Å². The van der Waals surface area contributed by atoms with Crippen LogP contribution < -0.4 is 0 Å². The third-order valence-corrected chi connectivity index (χ3v) is 4.24. The summed E-state index contributed by atoms with van der Waals surface area (Å²) in [5.74, 6) is 0.149. The molecule has 0 radical (unpaired) electrons. The van der Waals surface area contributed by atoms with Crippen molar-refractivity contribution in [1.82, 2.24) is 0 Å². The molecule has 0 spiro atoms. The van der Waals surface area contributed by atoms with E-state index in [1.807, 2.05) is 24.3 Å². The summed E-state index contributed by atoms with van der Waals surface area (Å²) in [6.45, 7) is 4.27. The highest BCUT2D eigenvalue weighted by atomic mass is 35.5. The van der Waals surface area contributed by atoms with Crippen LogP contribution in [-0.2, 0) is 9.53 Å². The Morgan fingerprint density at radius 1 is 1.08 bits per heavy atom. The van der Waals surface area contributed by atoms with Crippen LogP contribution in [0.25, 0.3) is 6.08 Å². The number of esters is 1. The second-order valence-corrected chi connectivity index (χ2v) is 6.63. The summed E-state index contributed by atoms with van der Waals surface area (Å²) in [5.41, 5.74) is 2.91. The Morgan fingerprint density at radius 2 is 1.79 bits per heavy atom. The lowest BCUT2D eigenvalue weighted by Crippen LogP contribution is -2.05. The van der Waals surface area contributed by atoms with Gasteiger partial charge in [-0.2, -0.15) is 0 Å². The van der Waals surface area contributed by atoms with E-state index < -0.39 is 5.97 Å². The first-order chi connectivity index (χ1) is 11.4. The molecule has 0 fully saturated rings. The van der Waals surface area contributed by atoms with E-state index in [2.05, 4.69) is 18.8 Å². The molecule has 1 heterocycles. The van der Waals surface area contributed by atoms with Crippen molar-refractivity contribution in [3.63, 3.8) is 0 Å². The van der Waals surface area contributed by atoms with Crippen molar-refractivity contribution in [1.29, 1.82) is 0 Å². The van der Waals surface area contributed by atoms with Gasteiger partial charge in [-0.05, 0) is 41.3 Å². The minimum atomic E-state index is -0.496. The lowest BCUT2D eigenvalue weighted by Gasteiger charge is -2.04. The smallest absolute Gasteiger partial charge is 0.363 e. The molecule has 0 unspecified atom stereocenters. The van der Waals surface area contributed by atoms with Crippen LogP contribution in [0, 0.1) is 0 Å². The lowest BCUT2D eigenvalue weighted by molar-refractivity contribution is -0.129. The van der Waals surface area contributed by atoms with E-state index in [9.17, 15) is 4.79 Å². The zero-order valence-corrected chi connectivity index (χ0v) is 14.7. The van der Waals surface area contributed by atoms with Gasteiger partial charge in [-0.25, -0.2) is 9.79 Å². The zero-order valence-electron chi connectivity index (χ0n) is 13.2. The van der Waals surface area contributed by atoms with Gasteiger partial charge in [-0.3, -0.25) is 0 Å². The number of halogens is 2. The predicted octanol–water partition coefficient (Wildman–Crippen LogP) is 5.46. The number of hydrogen-bond acceptors (Lipinski definition) is 3. The van der Waals surface area contributed by atoms with E-state index >= 15 is 0 Å². The molecule has 2 aromatic rings. The molecular formula is C19H15Cl2NO2. The molecule has 2 aromatic carbocycles. The van der Waals surface area contributed by atoms with Crippen molar-refractivity contribution in [3.8, 4) is 0 Å². The molecule has 1 aliphatic heterocycles. The molecule has 5 heteroatoms. The van der Waals surface area contributed by atoms with Crippen molar-refractivity contribution >= 4 is 41.1 Å². The summed E-state index contributed by atoms with van der Waals surface area (Å²) >= 11 is 12.0. The van der Waals surface area contributed by atoms with Gasteiger partial charge < -0.3 is 4.74 Å². The van der Waals surface area contributed by atoms with Gasteiger partial charge >= 0.3 is 5.97 Å². The number of hydrogen-bond donors (Lipinski definition) is 0. The molecule has 0 amide bonds. The molecule has 0 saturated carbocycles. The number of carbonyl (C=O) groups excluding carboxylic acids is 1. The highest BCUT2D eigenvalue weighted by molar-refractivity contribution is 6.37. The first-order valence-corrected chi connectivity index (χ1v) is 8.27. The number of aliphatic imine (C=N–C) groups is 1. The van der Waals surface area contributed by atoms with E-state index in [0.29, 0.717) is 21.5 Å². The fraction of sp³-hybridized carbons (Fsp3) is 0.158. The Labute approximate surface area is 150 Å². The summed E-state index contributed by atoms with van der Waals surface area (Å²) in [7, 11) is 0. The van der Waals surface area contributed by atoms with E-state index in [1.165, 1.54) is 5.56 Å². The van der Waals surface area contributed by atoms with Gasteiger partial charge in [0.25, 0.3) is 0 Å². The van der Waals surface area contributed by atoms with Gasteiger partial charge in [0.05, 0.1) is 10.6 Å². The van der Waals surface area contributed by atoms with Crippen molar-refractivity contribution in [2.45, 2.75) is 19.8 Å². The summed E-state index contributed by atoms with van der Waals surface area (Å²) in [6.07, 6.45) is 1.70. The maximum absolute atomic E-state index is 12.0. The average molecular weight is 360 g/mol. The number of benzene rings is 2. The van der Waals surface area contributed by atoms with Crippen LogP contribution in [0.3, 0.4) is 0 Å². The largest absolute Gasteiger partial charge is 0.402 e. The topological polar surface area (TPSA) is 38.7 Å². The molecule has 0 N–H and O–H groups in total. The molecule has 0 aromatic heterocycles. The first-order valence-electron chi connectivity index (χ1n) is 7.52. The first kappa shape index (κ1) is 16.7. The molecule has 0 bridgehead atoms. The van der Waals surface area contributed by atoms with Crippen LogP contribution in [0.5, 0.6) is 0 Å². The molecule has 1 aliphatic rings. The minimum absolute atomic E-state index is 0.187. The van der Waals surface area contributed by atoms with E-state index in [-0.39, 0.29) is 11.6 Å². The number of nitrogens with zero attached hydrogens (tertiary/aromatic N) is 1. The van der Waals surface area contributed by atoms with Crippen LogP contribution in [0.4, 0.5) is 0 Å². The minimum Gasteiger partial charge on any atom is -0.402 e. The highest BCUT2D eigenvalue weighted by Gasteiger charge is 2.25. The summed E-state index contributed by atoms with van der Waals surface area (Å²) in [4.78, 5) is 16.3. The molecule has 24 heavy (non-hydrogen) atoms. The molecule has 3 nitrogen and oxygen atoms in total. The van der Waals surface area contributed by atoms with Gasteiger partial charge in [-0.1, -0.05) is 61.3 Å². The van der Waals surface area contributed by atoms with Gasteiger partial charge in [-0.15, -0.1) is 0 Å². The average Bonchev–Trinajstić information content (AvgIpc) is 2.88. The van der Waals surface area contributed by atoms with Crippen molar-refractivity contribution in [2.75, 3.05) is 0 Å². The number of ether oxygens (including phenoxy) is 1. The second-order valence-electron chi connectivity index (χ2n) is 5.78. The van der Waals surface area contributed by atoms with E-state index in [1.54, 1.807) is 24.3 Å². The maximum Gasteiger partial charge on any atom is 0.363 e. The normalized spacial score (nSPS) is 15.8. The zero-order chi connectivity index (χ0) is 17.3. The number of cyclic esters (lactones) is 1. The standard InChI is InChI=1S/C19H15Cl2NO2/c1-11(2)13-5-3-12(4-6-13)9-17-19(23)24-18(22-17)15-8-7-14(20)10-16(15)21/h3-11H,1-2H3.